The molecule has 13 aromatic rings. The van der Waals surface area contributed by atoms with Crippen molar-refractivity contribution in [3.05, 3.63) is 175 Å². The molecule has 9 aromatic carbocycles. The van der Waals surface area contributed by atoms with E-state index in [1.54, 1.807) is 18.4 Å². The summed E-state index contributed by atoms with van der Waals surface area (Å²) in [6.07, 6.45) is 0. The number of nitrogens with zero attached hydrogens (tertiary/aromatic N) is 2. The van der Waals surface area contributed by atoms with Gasteiger partial charge in [0.1, 0.15) is 16.8 Å². The second kappa shape index (κ2) is 14.3. The highest BCUT2D eigenvalue weighted by Crippen LogP contribution is 2.48. The van der Waals surface area contributed by atoms with Gasteiger partial charge in [0.15, 0.2) is 0 Å². The third-order valence-corrected chi connectivity index (χ3v) is 16.1. The third-order valence-electron chi connectivity index (χ3n) is 12.6. The average molecular weight is 863 g/mol. The maximum absolute atomic E-state index is 10.4. The molecule has 0 spiro atoms. The summed E-state index contributed by atoms with van der Waals surface area (Å²) in [6.45, 7) is -0.0412. The van der Waals surface area contributed by atoms with Gasteiger partial charge in [0.2, 0.25) is 0 Å². The van der Waals surface area contributed by atoms with Gasteiger partial charge in [0, 0.05) is 56.7 Å². The fraction of sp³-hybridized carbons (Fsp3) is 0.0357. The number of fused-ring (bicyclic) bond motifs is 13. The minimum absolute atomic E-state index is 0.0412. The van der Waals surface area contributed by atoms with E-state index in [4.69, 9.17) is 14.7 Å². The van der Waals surface area contributed by atoms with Crippen LogP contribution >= 0.6 is 34.0 Å². The smallest absolute Gasteiger partial charge is 0.126 e. The van der Waals surface area contributed by atoms with Gasteiger partial charge >= 0.3 is 0 Å². The Labute approximate surface area is 373 Å². The van der Waals surface area contributed by atoms with Gasteiger partial charge in [-0.3, -0.25) is 0 Å². The van der Waals surface area contributed by atoms with Gasteiger partial charge in [-0.2, -0.15) is 0 Å². The average Bonchev–Trinajstić information content (AvgIpc) is 4.04. The van der Waals surface area contributed by atoms with E-state index in [1.807, 2.05) is 53.0 Å². The fourth-order valence-electron chi connectivity index (χ4n) is 9.56. The van der Waals surface area contributed by atoms with Gasteiger partial charge in [-0.1, -0.05) is 127 Å². The Kier molecular flexibility index (Phi) is 8.30. The predicted octanol–water partition coefficient (Wildman–Crippen LogP) is 16.1. The van der Waals surface area contributed by atoms with Gasteiger partial charge in [0.05, 0.1) is 34.5 Å². The van der Waals surface area contributed by atoms with Crippen LogP contribution in [0.3, 0.4) is 0 Å². The molecule has 0 saturated heterocycles. The van der Waals surface area contributed by atoms with Crippen molar-refractivity contribution < 1.29 is 9.84 Å². The standard InChI is InChI=1S/C56H34N2O2S3/c1-60-46-15-7-4-12-37(46)32-19-25-43-45(27-32)44-26-31(36-11-3-2-10-35(36)30-59)18-24-42(44)51-52(43)58-54-53(57-51)55(33-20-22-40-38-13-5-8-16-47(38)61-49(40)28-33)63-56(54)34-21-23-41-39-14-6-9-17-48(39)62-50(41)29-34/h2-29,59H,30H2,1H3. The molecule has 4 nitrogen and oxygen atoms in total. The molecule has 0 atom stereocenters. The number of aliphatic hydroxyl groups excluding tert-OH is 1. The first kappa shape index (κ1) is 36.6. The Morgan fingerprint density at radius 2 is 0.857 bits per heavy atom. The van der Waals surface area contributed by atoms with E-state index < -0.39 is 0 Å². The van der Waals surface area contributed by atoms with E-state index in [2.05, 4.69) is 140 Å². The van der Waals surface area contributed by atoms with Crippen molar-refractivity contribution in [1.82, 2.24) is 9.97 Å². The van der Waals surface area contributed by atoms with Crippen molar-refractivity contribution in [3.8, 4) is 48.9 Å². The molecule has 0 radical (unpaired) electrons. The van der Waals surface area contributed by atoms with E-state index in [1.165, 1.54) is 40.3 Å². The maximum atomic E-state index is 10.4. The molecular weight excluding hydrogens is 829 g/mol. The lowest BCUT2D eigenvalue weighted by atomic mass is 9.92. The van der Waals surface area contributed by atoms with Crippen LogP contribution in [0, 0.1) is 0 Å². The zero-order chi connectivity index (χ0) is 41.8. The number of aromatic nitrogens is 2. The predicted molar refractivity (Wildman–Crippen MR) is 270 cm³/mol. The lowest BCUT2D eigenvalue weighted by Gasteiger charge is -2.15. The topological polar surface area (TPSA) is 55.2 Å². The summed E-state index contributed by atoms with van der Waals surface area (Å²) in [7, 11) is 1.72. The van der Waals surface area contributed by atoms with Crippen LogP contribution in [0.5, 0.6) is 5.75 Å². The molecular formula is C56H34N2O2S3. The summed E-state index contributed by atoms with van der Waals surface area (Å²) in [6, 6.07) is 60.7. The summed E-state index contributed by atoms with van der Waals surface area (Å²) in [5.74, 6) is 0.820. The van der Waals surface area contributed by atoms with E-state index >= 15 is 0 Å². The molecule has 298 valence electrons. The molecule has 4 heterocycles. The molecule has 0 saturated carbocycles. The second-order valence-corrected chi connectivity index (χ2v) is 19.2. The minimum atomic E-state index is -0.0412. The normalized spacial score (nSPS) is 12.0. The summed E-state index contributed by atoms with van der Waals surface area (Å²) in [5.41, 5.74) is 10.8. The van der Waals surface area contributed by atoms with Crippen LogP contribution in [0.15, 0.2) is 170 Å². The molecule has 0 amide bonds. The van der Waals surface area contributed by atoms with Gasteiger partial charge in [0.25, 0.3) is 0 Å². The number of rotatable bonds is 6. The summed E-state index contributed by atoms with van der Waals surface area (Å²) in [4.78, 5) is 13.7. The largest absolute Gasteiger partial charge is 0.496 e. The second-order valence-electron chi connectivity index (χ2n) is 16.0. The van der Waals surface area contributed by atoms with Crippen molar-refractivity contribution in [2.75, 3.05) is 7.11 Å². The number of ether oxygens (including phenoxy) is 1. The lowest BCUT2D eigenvalue weighted by molar-refractivity contribution is 0.282. The highest BCUT2D eigenvalue weighted by Gasteiger charge is 2.23. The van der Waals surface area contributed by atoms with Crippen molar-refractivity contribution in [1.29, 1.82) is 0 Å². The Hall–Kier alpha value is -7.00. The minimum Gasteiger partial charge on any atom is -0.496 e. The molecule has 0 unspecified atom stereocenters. The van der Waals surface area contributed by atoms with Crippen LogP contribution in [0.1, 0.15) is 5.56 Å². The molecule has 0 aliphatic heterocycles. The molecule has 0 bridgehead atoms. The number of hydrogen-bond acceptors (Lipinski definition) is 7. The van der Waals surface area contributed by atoms with Crippen LogP contribution in [0.25, 0.3) is 127 Å². The van der Waals surface area contributed by atoms with Crippen LogP contribution in [-0.4, -0.2) is 22.2 Å². The molecule has 0 aliphatic carbocycles. The summed E-state index contributed by atoms with van der Waals surface area (Å²) >= 11 is 5.46. The van der Waals surface area contributed by atoms with E-state index in [-0.39, 0.29) is 6.61 Å². The zero-order valence-electron chi connectivity index (χ0n) is 33.8. The molecule has 4 aromatic heterocycles. The van der Waals surface area contributed by atoms with Crippen LogP contribution in [-0.2, 0) is 6.61 Å². The highest BCUT2D eigenvalue weighted by atomic mass is 32.1. The lowest BCUT2D eigenvalue weighted by Crippen LogP contribution is -1.94. The van der Waals surface area contributed by atoms with Crippen molar-refractivity contribution in [2.45, 2.75) is 6.61 Å². The van der Waals surface area contributed by atoms with Crippen molar-refractivity contribution in [3.63, 3.8) is 0 Å². The number of aliphatic hydroxyl groups is 1. The highest BCUT2D eigenvalue weighted by molar-refractivity contribution is 7.26. The van der Waals surface area contributed by atoms with Gasteiger partial charge < -0.3 is 9.84 Å². The Bertz CT molecular complexity index is 3770. The number of methoxy groups -OCH3 is 1. The maximum Gasteiger partial charge on any atom is 0.126 e. The molecule has 63 heavy (non-hydrogen) atoms. The molecule has 1 N–H and O–H groups in total. The van der Waals surface area contributed by atoms with Crippen molar-refractivity contribution >= 4 is 118 Å². The van der Waals surface area contributed by atoms with Crippen LogP contribution in [0.2, 0.25) is 0 Å². The molecule has 0 fully saturated rings. The Morgan fingerprint density at radius 3 is 1.43 bits per heavy atom. The van der Waals surface area contributed by atoms with E-state index in [0.29, 0.717) is 0 Å². The first-order valence-electron chi connectivity index (χ1n) is 20.9. The van der Waals surface area contributed by atoms with Gasteiger partial charge in [-0.05, 0) is 86.6 Å². The molecule has 0 aliphatic rings. The van der Waals surface area contributed by atoms with E-state index in [9.17, 15) is 5.11 Å². The van der Waals surface area contributed by atoms with Gasteiger partial charge in [-0.15, -0.1) is 34.0 Å². The Morgan fingerprint density at radius 1 is 0.397 bits per heavy atom. The quantitative estimate of drug-likeness (QED) is 0.169. The first-order chi connectivity index (χ1) is 31.1. The van der Waals surface area contributed by atoms with E-state index in [0.717, 1.165) is 98.1 Å². The summed E-state index contributed by atoms with van der Waals surface area (Å²) in [5, 5.41) is 19.7. The summed E-state index contributed by atoms with van der Waals surface area (Å²) < 4.78 is 11.0. The van der Waals surface area contributed by atoms with Crippen LogP contribution < -0.4 is 4.74 Å². The number of para-hydroxylation sites is 1. The number of hydrogen-bond donors (Lipinski definition) is 1. The first-order valence-corrected chi connectivity index (χ1v) is 23.4. The van der Waals surface area contributed by atoms with Gasteiger partial charge in [-0.25, -0.2) is 9.97 Å². The van der Waals surface area contributed by atoms with Crippen molar-refractivity contribution in [2.24, 2.45) is 0 Å². The fourth-order valence-corrected chi connectivity index (χ4v) is 13.0. The SMILES string of the molecule is COc1ccccc1-c1ccc2c(c1)c1cc(-c3ccccc3CO)ccc1c1nc3c(-c4ccc5c(c4)sc4ccccc45)sc(-c4ccc5c(c4)sc4ccccc45)c3nc21. The Balaban J connectivity index is 1.12. The monoisotopic (exact) mass is 862 g/mol. The van der Waals surface area contributed by atoms with Crippen LogP contribution in [0.4, 0.5) is 0 Å². The molecule has 13 rings (SSSR count). The number of benzene rings is 9. The zero-order valence-corrected chi connectivity index (χ0v) is 36.3. The molecule has 7 heteroatoms. The number of thiophene rings is 3. The third kappa shape index (κ3) is 5.67.